The van der Waals surface area contributed by atoms with E-state index in [4.69, 9.17) is 0 Å². The van der Waals surface area contributed by atoms with Gasteiger partial charge < -0.3 is 4.90 Å². The summed E-state index contributed by atoms with van der Waals surface area (Å²) >= 11 is 2.13. The number of rotatable bonds is 3. The van der Waals surface area contributed by atoms with Crippen LogP contribution in [-0.2, 0) is 13.6 Å². The molecule has 0 aliphatic carbocycles. The molecule has 0 saturated carbocycles. The molecule has 1 saturated heterocycles. The van der Waals surface area contributed by atoms with Crippen molar-refractivity contribution in [2.75, 3.05) is 26.2 Å². The van der Waals surface area contributed by atoms with Crippen LogP contribution in [0.5, 0.6) is 0 Å². The summed E-state index contributed by atoms with van der Waals surface area (Å²) in [6.07, 6.45) is 1.70. The topological polar surface area (TPSA) is 41.4 Å². The molecule has 23 heavy (non-hydrogen) atoms. The average molecular weight is 428 g/mol. The number of piperazine rings is 1. The van der Waals surface area contributed by atoms with Crippen LogP contribution in [0, 0.1) is 9.39 Å². The number of hydrogen-bond donors (Lipinski definition) is 0. The molecule has 0 unspecified atom stereocenters. The van der Waals surface area contributed by atoms with Gasteiger partial charge in [-0.1, -0.05) is 18.2 Å². The van der Waals surface area contributed by atoms with E-state index < -0.39 is 0 Å². The predicted octanol–water partition coefficient (Wildman–Crippen LogP) is 2.12. The Morgan fingerprint density at radius 3 is 2.57 bits per heavy atom. The van der Waals surface area contributed by atoms with Gasteiger partial charge in [-0.25, -0.2) is 4.39 Å². The van der Waals surface area contributed by atoms with Crippen molar-refractivity contribution in [2.45, 2.75) is 6.54 Å². The minimum absolute atomic E-state index is 0.0138. The molecule has 7 heteroatoms. The van der Waals surface area contributed by atoms with Crippen molar-refractivity contribution in [1.82, 2.24) is 19.6 Å². The molecule has 0 N–H and O–H groups in total. The summed E-state index contributed by atoms with van der Waals surface area (Å²) in [5.41, 5.74) is 1.33. The van der Waals surface area contributed by atoms with E-state index in [0.717, 1.165) is 16.7 Å². The molecule has 5 nitrogen and oxygen atoms in total. The van der Waals surface area contributed by atoms with Crippen LogP contribution in [0.25, 0.3) is 0 Å². The lowest BCUT2D eigenvalue weighted by molar-refractivity contribution is 0.0615. The predicted molar refractivity (Wildman–Crippen MR) is 93.5 cm³/mol. The van der Waals surface area contributed by atoms with Crippen LogP contribution in [0.3, 0.4) is 0 Å². The van der Waals surface area contributed by atoms with Gasteiger partial charge in [0.1, 0.15) is 11.5 Å². The van der Waals surface area contributed by atoms with Crippen LogP contribution in [0.1, 0.15) is 16.1 Å². The fourth-order valence-electron chi connectivity index (χ4n) is 2.78. The van der Waals surface area contributed by atoms with E-state index in [9.17, 15) is 9.18 Å². The lowest BCUT2D eigenvalue weighted by Gasteiger charge is -2.34. The SMILES string of the molecule is Cn1ncc(I)c1C(=O)N1CCN(Cc2ccccc2F)CC1. The summed E-state index contributed by atoms with van der Waals surface area (Å²) in [6.45, 7) is 3.37. The third kappa shape index (κ3) is 3.55. The van der Waals surface area contributed by atoms with Gasteiger partial charge in [0.15, 0.2) is 0 Å². The van der Waals surface area contributed by atoms with Crippen molar-refractivity contribution in [3.8, 4) is 0 Å². The number of halogens is 2. The third-order valence-corrected chi connectivity index (χ3v) is 4.90. The van der Waals surface area contributed by atoms with Crippen molar-refractivity contribution in [3.63, 3.8) is 0 Å². The highest BCUT2D eigenvalue weighted by molar-refractivity contribution is 14.1. The van der Waals surface area contributed by atoms with Gasteiger partial charge in [-0.15, -0.1) is 0 Å². The van der Waals surface area contributed by atoms with Crippen LogP contribution in [-0.4, -0.2) is 51.7 Å². The minimum Gasteiger partial charge on any atom is -0.335 e. The Hall–Kier alpha value is -1.48. The number of aryl methyl sites for hydroxylation is 1. The number of amides is 1. The molecule has 1 fully saturated rings. The summed E-state index contributed by atoms with van der Waals surface area (Å²) in [5, 5.41) is 4.12. The number of carbonyl (C=O) groups is 1. The molecule has 0 spiro atoms. The maximum Gasteiger partial charge on any atom is 0.273 e. The zero-order chi connectivity index (χ0) is 16.4. The third-order valence-electron chi connectivity index (χ3n) is 4.11. The Morgan fingerprint density at radius 2 is 1.96 bits per heavy atom. The van der Waals surface area contributed by atoms with Gasteiger partial charge in [-0.3, -0.25) is 14.4 Å². The molecule has 0 bridgehead atoms. The maximum absolute atomic E-state index is 13.7. The molecule has 1 aliphatic rings. The lowest BCUT2D eigenvalue weighted by atomic mass is 10.2. The minimum atomic E-state index is -0.171. The van der Waals surface area contributed by atoms with E-state index in [-0.39, 0.29) is 11.7 Å². The number of aromatic nitrogens is 2. The molecule has 1 amide bonds. The van der Waals surface area contributed by atoms with E-state index in [1.807, 2.05) is 17.0 Å². The Labute approximate surface area is 148 Å². The molecule has 0 radical (unpaired) electrons. The molecule has 122 valence electrons. The van der Waals surface area contributed by atoms with E-state index in [1.165, 1.54) is 6.07 Å². The zero-order valence-electron chi connectivity index (χ0n) is 12.9. The second kappa shape index (κ2) is 6.96. The number of benzene rings is 1. The van der Waals surface area contributed by atoms with Gasteiger partial charge in [0, 0.05) is 45.3 Å². The van der Waals surface area contributed by atoms with Crippen molar-refractivity contribution in [1.29, 1.82) is 0 Å². The fraction of sp³-hybridized carbons (Fsp3) is 0.375. The van der Waals surface area contributed by atoms with E-state index in [0.29, 0.717) is 30.9 Å². The highest BCUT2D eigenvalue weighted by atomic mass is 127. The second-order valence-electron chi connectivity index (χ2n) is 5.62. The number of nitrogens with zero attached hydrogens (tertiary/aromatic N) is 4. The molecule has 2 heterocycles. The van der Waals surface area contributed by atoms with Gasteiger partial charge in [-0.2, -0.15) is 5.10 Å². The highest BCUT2D eigenvalue weighted by Crippen LogP contribution is 2.16. The maximum atomic E-state index is 13.7. The molecule has 3 rings (SSSR count). The van der Waals surface area contributed by atoms with E-state index in [1.54, 1.807) is 24.0 Å². The lowest BCUT2D eigenvalue weighted by Crippen LogP contribution is -2.48. The van der Waals surface area contributed by atoms with Crippen LogP contribution >= 0.6 is 22.6 Å². The largest absolute Gasteiger partial charge is 0.335 e. The van der Waals surface area contributed by atoms with Crippen LogP contribution in [0.4, 0.5) is 4.39 Å². The summed E-state index contributed by atoms with van der Waals surface area (Å²) in [4.78, 5) is 16.6. The smallest absolute Gasteiger partial charge is 0.273 e. The van der Waals surface area contributed by atoms with E-state index >= 15 is 0 Å². The van der Waals surface area contributed by atoms with Gasteiger partial charge in [0.05, 0.1) is 9.77 Å². The highest BCUT2D eigenvalue weighted by Gasteiger charge is 2.26. The second-order valence-corrected chi connectivity index (χ2v) is 6.79. The molecular formula is C16H18FIN4O. The number of carbonyl (C=O) groups excluding carboxylic acids is 1. The molecule has 2 aromatic rings. The summed E-state index contributed by atoms with van der Waals surface area (Å²) < 4.78 is 16.2. The molecular weight excluding hydrogens is 410 g/mol. The van der Waals surface area contributed by atoms with Crippen LogP contribution < -0.4 is 0 Å². The van der Waals surface area contributed by atoms with Crippen molar-refractivity contribution < 1.29 is 9.18 Å². The molecule has 1 aromatic heterocycles. The molecule has 1 aromatic carbocycles. The van der Waals surface area contributed by atoms with E-state index in [2.05, 4.69) is 32.6 Å². The van der Waals surface area contributed by atoms with Gasteiger partial charge in [0.25, 0.3) is 5.91 Å². The van der Waals surface area contributed by atoms with Gasteiger partial charge >= 0.3 is 0 Å². The first-order valence-electron chi connectivity index (χ1n) is 7.49. The van der Waals surface area contributed by atoms with Gasteiger partial charge in [0.2, 0.25) is 0 Å². The molecule has 1 aliphatic heterocycles. The Morgan fingerprint density at radius 1 is 1.26 bits per heavy atom. The first-order chi connectivity index (χ1) is 11.1. The first kappa shape index (κ1) is 16.4. The zero-order valence-corrected chi connectivity index (χ0v) is 15.0. The monoisotopic (exact) mass is 428 g/mol. The number of hydrogen-bond acceptors (Lipinski definition) is 3. The quantitative estimate of drug-likeness (QED) is 0.704. The Bertz CT molecular complexity index is 690. The Kier molecular flexibility index (Phi) is 4.96. The normalized spacial score (nSPS) is 15.9. The summed E-state index contributed by atoms with van der Waals surface area (Å²) in [5.74, 6) is -0.157. The van der Waals surface area contributed by atoms with Crippen LogP contribution in [0.15, 0.2) is 30.5 Å². The summed E-state index contributed by atoms with van der Waals surface area (Å²) in [7, 11) is 1.78. The fourth-order valence-corrected chi connectivity index (χ4v) is 3.48. The van der Waals surface area contributed by atoms with Gasteiger partial charge in [-0.05, 0) is 28.7 Å². The Balaban J connectivity index is 1.60. The molecule has 0 atom stereocenters. The van der Waals surface area contributed by atoms with Crippen molar-refractivity contribution >= 4 is 28.5 Å². The van der Waals surface area contributed by atoms with Crippen molar-refractivity contribution in [3.05, 3.63) is 51.1 Å². The van der Waals surface area contributed by atoms with Crippen LogP contribution in [0.2, 0.25) is 0 Å². The summed E-state index contributed by atoms with van der Waals surface area (Å²) in [6, 6.07) is 6.85. The standard InChI is InChI=1S/C16H18FIN4O/c1-20-15(14(18)10-19-20)16(23)22-8-6-21(7-9-22)11-12-4-2-3-5-13(12)17/h2-5,10H,6-9,11H2,1H3. The van der Waals surface area contributed by atoms with Crippen molar-refractivity contribution in [2.24, 2.45) is 7.05 Å². The first-order valence-corrected chi connectivity index (χ1v) is 8.56. The average Bonchev–Trinajstić information content (AvgIpc) is 2.88.